The number of nitrogens with one attached hydrogen (secondary N) is 1. The van der Waals surface area contributed by atoms with E-state index in [1.807, 2.05) is 30.3 Å². The van der Waals surface area contributed by atoms with Crippen LogP contribution in [-0.2, 0) is 0 Å². The van der Waals surface area contributed by atoms with Crippen molar-refractivity contribution in [3.63, 3.8) is 0 Å². The molecule has 0 heterocycles. The van der Waals surface area contributed by atoms with E-state index in [9.17, 15) is 4.79 Å². The van der Waals surface area contributed by atoms with Crippen LogP contribution in [0.1, 0.15) is 5.56 Å². The standard InChI is InChI=1S/C15H14N2O3/c1-19-13-9-7-12(8-10-13)11-16-17-15(18)20-14-5-3-2-4-6-14/h2-11H,1H3,(H,17,18)/b16-11+. The quantitative estimate of drug-likeness (QED) is 0.686. The molecule has 1 N–H and O–H groups in total. The summed E-state index contributed by atoms with van der Waals surface area (Å²) in [5.74, 6) is 1.23. The summed E-state index contributed by atoms with van der Waals surface area (Å²) >= 11 is 0. The second-order valence-electron chi connectivity index (χ2n) is 3.85. The fourth-order valence-electron chi connectivity index (χ4n) is 1.47. The SMILES string of the molecule is COc1ccc(/C=N/NC(=O)Oc2ccccc2)cc1. The number of methoxy groups -OCH3 is 1. The normalized spacial score (nSPS) is 10.2. The van der Waals surface area contributed by atoms with E-state index in [-0.39, 0.29) is 0 Å². The maximum atomic E-state index is 11.4. The smallest absolute Gasteiger partial charge is 0.433 e. The van der Waals surface area contributed by atoms with E-state index in [2.05, 4.69) is 10.5 Å². The number of para-hydroxylation sites is 1. The lowest BCUT2D eigenvalue weighted by Crippen LogP contribution is -2.21. The van der Waals surface area contributed by atoms with E-state index in [1.165, 1.54) is 6.21 Å². The Morgan fingerprint density at radius 3 is 2.40 bits per heavy atom. The molecule has 20 heavy (non-hydrogen) atoms. The highest BCUT2D eigenvalue weighted by Gasteiger charge is 2.00. The third-order valence-corrected chi connectivity index (χ3v) is 2.44. The van der Waals surface area contributed by atoms with E-state index in [0.29, 0.717) is 5.75 Å². The summed E-state index contributed by atoms with van der Waals surface area (Å²) in [5, 5.41) is 3.80. The summed E-state index contributed by atoms with van der Waals surface area (Å²) in [6.45, 7) is 0. The second-order valence-corrected chi connectivity index (χ2v) is 3.85. The second kappa shape index (κ2) is 6.94. The van der Waals surface area contributed by atoms with Gasteiger partial charge in [0, 0.05) is 0 Å². The Morgan fingerprint density at radius 2 is 1.75 bits per heavy atom. The first-order valence-corrected chi connectivity index (χ1v) is 5.98. The molecule has 0 spiro atoms. The molecule has 0 saturated heterocycles. The molecule has 0 aliphatic carbocycles. The van der Waals surface area contributed by atoms with Crippen LogP contribution >= 0.6 is 0 Å². The van der Waals surface area contributed by atoms with Gasteiger partial charge in [0.1, 0.15) is 11.5 Å². The number of benzene rings is 2. The highest BCUT2D eigenvalue weighted by Crippen LogP contribution is 2.10. The number of amides is 1. The Morgan fingerprint density at radius 1 is 1.05 bits per heavy atom. The highest BCUT2D eigenvalue weighted by atomic mass is 16.6. The molecule has 0 aliphatic rings. The number of hydrogen-bond donors (Lipinski definition) is 1. The van der Waals surface area contributed by atoms with Crippen molar-refractivity contribution in [2.75, 3.05) is 7.11 Å². The molecule has 102 valence electrons. The van der Waals surface area contributed by atoms with E-state index in [0.717, 1.165) is 11.3 Å². The van der Waals surface area contributed by atoms with Crippen molar-refractivity contribution in [1.29, 1.82) is 0 Å². The fourth-order valence-corrected chi connectivity index (χ4v) is 1.47. The molecule has 0 aromatic heterocycles. The summed E-state index contributed by atoms with van der Waals surface area (Å²) in [4.78, 5) is 11.4. The molecule has 0 atom stereocenters. The predicted octanol–water partition coefficient (Wildman–Crippen LogP) is 2.82. The van der Waals surface area contributed by atoms with Crippen LogP contribution in [0.3, 0.4) is 0 Å². The van der Waals surface area contributed by atoms with Gasteiger partial charge in [-0.15, -0.1) is 0 Å². The van der Waals surface area contributed by atoms with Gasteiger partial charge in [-0.05, 0) is 42.0 Å². The van der Waals surface area contributed by atoms with Crippen molar-refractivity contribution in [2.24, 2.45) is 5.10 Å². The lowest BCUT2D eigenvalue weighted by atomic mass is 10.2. The number of carbonyl (C=O) groups excluding carboxylic acids is 1. The first-order chi connectivity index (χ1) is 9.78. The molecule has 2 rings (SSSR count). The van der Waals surface area contributed by atoms with Gasteiger partial charge < -0.3 is 9.47 Å². The molecule has 5 heteroatoms. The monoisotopic (exact) mass is 270 g/mol. The third-order valence-electron chi connectivity index (χ3n) is 2.44. The van der Waals surface area contributed by atoms with E-state index in [1.54, 1.807) is 31.4 Å². The van der Waals surface area contributed by atoms with Gasteiger partial charge in [0.2, 0.25) is 0 Å². The maximum absolute atomic E-state index is 11.4. The van der Waals surface area contributed by atoms with Gasteiger partial charge >= 0.3 is 6.09 Å². The number of nitrogens with zero attached hydrogens (tertiary/aromatic N) is 1. The highest BCUT2D eigenvalue weighted by molar-refractivity contribution is 5.81. The number of ether oxygens (including phenoxy) is 2. The van der Waals surface area contributed by atoms with Crippen LogP contribution in [0, 0.1) is 0 Å². The molecule has 0 saturated carbocycles. The molecular weight excluding hydrogens is 256 g/mol. The van der Waals surface area contributed by atoms with Crippen LogP contribution in [0.25, 0.3) is 0 Å². The first kappa shape index (κ1) is 13.6. The molecule has 0 unspecified atom stereocenters. The van der Waals surface area contributed by atoms with Gasteiger partial charge in [-0.1, -0.05) is 18.2 Å². The molecular formula is C15H14N2O3. The van der Waals surface area contributed by atoms with Crippen molar-refractivity contribution in [1.82, 2.24) is 5.43 Å². The summed E-state index contributed by atoms with van der Waals surface area (Å²) < 4.78 is 10.0. The average molecular weight is 270 g/mol. The average Bonchev–Trinajstić information content (AvgIpc) is 2.49. The Hall–Kier alpha value is -2.82. The van der Waals surface area contributed by atoms with Gasteiger partial charge in [-0.25, -0.2) is 10.2 Å². The molecule has 5 nitrogen and oxygen atoms in total. The van der Waals surface area contributed by atoms with E-state index < -0.39 is 6.09 Å². The minimum atomic E-state index is -0.638. The molecule has 1 amide bonds. The number of rotatable bonds is 4. The zero-order chi connectivity index (χ0) is 14.2. The van der Waals surface area contributed by atoms with Crippen molar-refractivity contribution in [2.45, 2.75) is 0 Å². The van der Waals surface area contributed by atoms with E-state index >= 15 is 0 Å². The molecule has 0 fully saturated rings. The van der Waals surface area contributed by atoms with Crippen LogP contribution in [0.5, 0.6) is 11.5 Å². The van der Waals surface area contributed by atoms with E-state index in [4.69, 9.17) is 9.47 Å². The third kappa shape index (κ3) is 4.13. The molecule has 2 aromatic rings. The fraction of sp³-hybridized carbons (Fsp3) is 0.0667. The van der Waals surface area contributed by atoms with Crippen molar-refractivity contribution < 1.29 is 14.3 Å². The van der Waals surface area contributed by atoms with Crippen LogP contribution in [-0.4, -0.2) is 19.4 Å². The number of carbonyl (C=O) groups is 1. The van der Waals surface area contributed by atoms with Gasteiger partial charge in [0.15, 0.2) is 0 Å². The number of hydrogen-bond acceptors (Lipinski definition) is 4. The van der Waals surface area contributed by atoms with Gasteiger partial charge in [0.25, 0.3) is 0 Å². The number of hydrazone groups is 1. The summed E-state index contributed by atoms with van der Waals surface area (Å²) in [7, 11) is 1.60. The van der Waals surface area contributed by atoms with Crippen LogP contribution < -0.4 is 14.9 Å². The summed E-state index contributed by atoms with van der Waals surface area (Å²) in [6.07, 6.45) is 0.882. The van der Waals surface area contributed by atoms with Crippen molar-refractivity contribution in [3.8, 4) is 11.5 Å². The lowest BCUT2D eigenvalue weighted by Gasteiger charge is -2.02. The van der Waals surface area contributed by atoms with Gasteiger partial charge in [-0.3, -0.25) is 0 Å². The molecule has 0 bridgehead atoms. The summed E-state index contributed by atoms with van der Waals surface area (Å²) in [5.41, 5.74) is 3.12. The van der Waals surface area contributed by atoms with Crippen molar-refractivity contribution in [3.05, 3.63) is 60.2 Å². The first-order valence-electron chi connectivity index (χ1n) is 5.98. The zero-order valence-electron chi connectivity index (χ0n) is 10.9. The lowest BCUT2D eigenvalue weighted by molar-refractivity contribution is 0.201. The Balaban J connectivity index is 1.84. The molecule has 2 aromatic carbocycles. The van der Waals surface area contributed by atoms with Crippen LogP contribution in [0.15, 0.2) is 59.7 Å². The van der Waals surface area contributed by atoms with Gasteiger partial charge in [-0.2, -0.15) is 5.10 Å². The van der Waals surface area contributed by atoms with Crippen LogP contribution in [0.2, 0.25) is 0 Å². The Bertz CT molecular complexity index is 580. The van der Waals surface area contributed by atoms with Crippen molar-refractivity contribution >= 4 is 12.3 Å². The zero-order valence-corrected chi connectivity index (χ0v) is 10.9. The Kier molecular flexibility index (Phi) is 4.72. The Labute approximate surface area is 116 Å². The molecule has 0 aliphatic heterocycles. The minimum Gasteiger partial charge on any atom is -0.497 e. The largest absolute Gasteiger partial charge is 0.497 e. The molecule has 0 radical (unpaired) electrons. The maximum Gasteiger partial charge on any atom is 0.433 e. The summed E-state index contributed by atoms with van der Waals surface area (Å²) in [6, 6.07) is 16.0. The van der Waals surface area contributed by atoms with Crippen LogP contribution in [0.4, 0.5) is 4.79 Å². The minimum absolute atomic E-state index is 0.463. The predicted molar refractivity (Wildman–Crippen MR) is 76.2 cm³/mol. The topological polar surface area (TPSA) is 59.9 Å². The van der Waals surface area contributed by atoms with Gasteiger partial charge in [0.05, 0.1) is 13.3 Å².